The molecule has 1 spiro atoms. The van der Waals surface area contributed by atoms with Gasteiger partial charge in [0.2, 0.25) is 11.4 Å². The zero-order chi connectivity index (χ0) is 30.2. The van der Waals surface area contributed by atoms with Crippen molar-refractivity contribution in [1.29, 1.82) is 0 Å². The molecule has 0 saturated heterocycles. The molecule has 0 N–H and O–H groups in total. The van der Waals surface area contributed by atoms with Crippen LogP contribution in [-0.2, 0) is 5.66 Å². The molecule has 9 rings (SSSR count). The lowest BCUT2D eigenvalue weighted by Gasteiger charge is -2.18. The highest BCUT2D eigenvalue weighted by Gasteiger charge is 2.67. The van der Waals surface area contributed by atoms with Gasteiger partial charge in [-0.2, -0.15) is 0 Å². The van der Waals surface area contributed by atoms with Crippen LogP contribution < -0.4 is 9.13 Å². The Labute approximate surface area is 252 Å². The molecule has 0 fully saturated rings. The van der Waals surface area contributed by atoms with E-state index in [0.717, 1.165) is 49.9 Å². The molecule has 3 nitrogen and oxygen atoms in total. The Morgan fingerprint density at radius 2 is 1.40 bits per heavy atom. The molecular weight excluding hydrogens is 532 g/mol. The van der Waals surface area contributed by atoms with Gasteiger partial charge in [-0.25, -0.2) is 0 Å². The van der Waals surface area contributed by atoms with Crippen molar-refractivity contribution in [3.05, 3.63) is 116 Å². The van der Waals surface area contributed by atoms with Crippen LogP contribution in [0.2, 0.25) is 0 Å². The molecule has 4 heteroatoms. The molecule has 0 bridgehead atoms. The number of hydrogen-bond acceptors (Lipinski definition) is 2. The van der Waals surface area contributed by atoms with Crippen LogP contribution in [0.1, 0.15) is 52.1 Å². The van der Waals surface area contributed by atoms with Crippen molar-refractivity contribution in [2.45, 2.75) is 54.1 Å². The molecule has 0 amide bonds. The number of aromatic nitrogens is 2. The van der Waals surface area contributed by atoms with Gasteiger partial charge in [0, 0.05) is 41.7 Å². The minimum Gasteiger partial charge on any atom is -0.454 e. The smallest absolute Gasteiger partial charge is 0.417 e. The van der Waals surface area contributed by atoms with Gasteiger partial charge in [0.15, 0.2) is 18.0 Å². The number of aryl methyl sites for hydroxylation is 7. The number of thiophene rings is 1. The zero-order valence-electron chi connectivity index (χ0n) is 26.5. The predicted molar refractivity (Wildman–Crippen MR) is 172 cm³/mol. The van der Waals surface area contributed by atoms with E-state index in [4.69, 9.17) is 7.16 Å². The summed E-state index contributed by atoms with van der Waals surface area (Å²) in [6.07, 6.45) is 4.45. The molecule has 0 aliphatic carbocycles. The molecular formula is C38H32N2OS+2. The third kappa shape index (κ3) is 2.68. The SMILES string of the molecule is [2H]Cc1cc2[n+](cc1C[2H])C1(c3cc(C)ccc3-c3cc(C)c(C)c[n+]31)c1ccc3c(oc4c3ccc3c(C)c(C)sc34)c1-2. The van der Waals surface area contributed by atoms with E-state index in [1.807, 2.05) is 11.3 Å². The molecule has 204 valence electrons. The molecule has 0 saturated carbocycles. The lowest BCUT2D eigenvalue weighted by Crippen LogP contribution is -2.71. The van der Waals surface area contributed by atoms with Gasteiger partial charge in [0.1, 0.15) is 22.3 Å². The summed E-state index contributed by atoms with van der Waals surface area (Å²) in [7, 11) is 0. The van der Waals surface area contributed by atoms with Gasteiger partial charge in [0.05, 0.1) is 10.3 Å². The number of benzene rings is 3. The molecule has 42 heavy (non-hydrogen) atoms. The second kappa shape index (κ2) is 7.76. The Balaban J connectivity index is 1.51. The second-order valence-corrected chi connectivity index (χ2v) is 13.5. The van der Waals surface area contributed by atoms with Crippen LogP contribution in [0.15, 0.2) is 71.4 Å². The van der Waals surface area contributed by atoms with Gasteiger partial charge in [-0.05, 0) is 101 Å². The van der Waals surface area contributed by atoms with Gasteiger partial charge in [-0.15, -0.1) is 20.5 Å². The Bertz CT molecular complexity index is 2430. The van der Waals surface area contributed by atoms with Crippen LogP contribution >= 0.6 is 11.3 Å². The normalized spacial score (nSPS) is 17.2. The van der Waals surface area contributed by atoms with E-state index in [-0.39, 0.29) is 13.8 Å². The maximum absolute atomic E-state index is 8.44. The fourth-order valence-electron chi connectivity index (χ4n) is 7.51. The first kappa shape index (κ1) is 22.3. The fraction of sp³-hybridized carbons (Fsp3) is 0.211. The molecule has 4 aromatic heterocycles. The highest BCUT2D eigenvalue weighted by molar-refractivity contribution is 7.20. The molecule has 2 aliphatic rings. The topological polar surface area (TPSA) is 20.9 Å². The fourth-order valence-corrected chi connectivity index (χ4v) is 8.66. The first-order valence-corrected chi connectivity index (χ1v) is 15.3. The van der Waals surface area contributed by atoms with Crippen LogP contribution in [0.25, 0.3) is 54.5 Å². The summed E-state index contributed by atoms with van der Waals surface area (Å²) in [6, 6.07) is 20.3. The summed E-state index contributed by atoms with van der Waals surface area (Å²) in [5.41, 5.74) is 14.8. The monoisotopic (exact) mass is 566 g/mol. The van der Waals surface area contributed by atoms with Gasteiger partial charge >= 0.3 is 5.66 Å². The summed E-state index contributed by atoms with van der Waals surface area (Å²) >= 11 is 1.81. The second-order valence-electron chi connectivity index (χ2n) is 12.3. The van der Waals surface area contributed by atoms with Crippen LogP contribution in [0.3, 0.4) is 0 Å². The van der Waals surface area contributed by atoms with Gasteiger partial charge in [-0.3, -0.25) is 0 Å². The summed E-state index contributed by atoms with van der Waals surface area (Å²) in [5.74, 6) is 0. The minimum absolute atomic E-state index is 0.126. The van der Waals surface area contributed by atoms with Crippen molar-refractivity contribution in [2.75, 3.05) is 0 Å². The number of furan rings is 1. The van der Waals surface area contributed by atoms with Crippen molar-refractivity contribution >= 4 is 43.4 Å². The lowest BCUT2D eigenvalue weighted by molar-refractivity contribution is -0.955. The number of hydrogen-bond donors (Lipinski definition) is 0. The Hall–Kier alpha value is -4.28. The summed E-state index contributed by atoms with van der Waals surface area (Å²) in [5, 5.41) is 3.50. The predicted octanol–water partition coefficient (Wildman–Crippen LogP) is 8.79. The van der Waals surface area contributed by atoms with Crippen molar-refractivity contribution < 1.29 is 16.3 Å². The Morgan fingerprint density at radius 3 is 2.24 bits per heavy atom. The average molecular weight is 567 g/mol. The van der Waals surface area contributed by atoms with Gasteiger partial charge < -0.3 is 4.42 Å². The van der Waals surface area contributed by atoms with Gasteiger partial charge in [-0.1, -0.05) is 17.7 Å². The molecule has 1 unspecified atom stereocenters. The molecule has 0 radical (unpaired) electrons. The maximum Gasteiger partial charge on any atom is 0.417 e. The van der Waals surface area contributed by atoms with Crippen molar-refractivity contribution in [2.24, 2.45) is 0 Å². The molecule has 7 aromatic rings. The number of fused-ring (bicyclic) bond motifs is 16. The van der Waals surface area contributed by atoms with E-state index in [2.05, 4.69) is 111 Å². The molecule has 6 heterocycles. The Morgan fingerprint density at radius 1 is 0.690 bits per heavy atom. The van der Waals surface area contributed by atoms with Crippen molar-refractivity contribution in [3.8, 4) is 22.5 Å². The van der Waals surface area contributed by atoms with E-state index in [0.29, 0.717) is 0 Å². The quantitative estimate of drug-likeness (QED) is 0.168. The minimum atomic E-state index is -0.692. The Kier molecular flexibility index (Phi) is 4.12. The highest BCUT2D eigenvalue weighted by Crippen LogP contribution is 2.51. The first-order valence-electron chi connectivity index (χ1n) is 15.9. The third-order valence-corrected chi connectivity index (χ3v) is 11.2. The van der Waals surface area contributed by atoms with E-state index in [9.17, 15) is 0 Å². The highest BCUT2D eigenvalue weighted by atomic mass is 32.1. The summed E-state index contributed by atoms with van der Waals surface area (Å²) < 4.78 is 29.9. The van der Waals surface area contributed by atoms with Crippen molar-refractivity contribution in [3.63, 3.8) is 0 Å². The summed E-state index contributed by atoms with van der Waals surface area (Å²) in [4.78, 5) is 1.32. The van der Waals surface area contributed by atoms with Crippen LogP contribution in [0.5, 0.6) is 0 Å². The van der Waals surface area contributed by atoms with Crippen LogP contribution in [-0.4, -0.2) is 0 Å². The molecule has 1 atom stereocenters. The number of nitrogens with zero attached hydrogens (tertiary/aromatic N) is 2. The zero-order valence-corrected chi connectivity index (χ0v) is 25.3. The molecule has 2 aliphatic heterocycles. The number of pyridine rings is 2. The van der Waals surface area contributed by atoms with Gasteiger partial charge in [0.25, 0.3) is 0 Å². The molecule has 3 aromatic carbocycles. The average Bonchev–Trinajstić information content (AvgIpc) is 3.71. The lowest BCUT2D eigenvalue weighted by atomic mass is 9.88. The third-order valence-electron chi connectivity index (χ3n) is 9.93. The standard InChI is InChI=1S/C38H32N2OS/c1-19-8-9-29-31(14-19)38(39-17-22(4)20(2)15-32(29)39)30-13-12-27-28-11-10-26-24(6)25(7)42-37(26)36(28)41-35(27)34(30)33-16-21(3)23(5)18-40(33)38/h8-18H,1-7H3/q+2/i3D,5D. The summed E-state index contributed by atoms with van der Waals surface area (Å²) in [6.45, 7) is 11.2. The number of rotatable bonds is 0. The van der Waals surface area contributed by atoms with Crippen LogP contribution in [0, 0.1) is 48.4 Å². The van der Waals surface area contributed by atoms with Crippen molar-refractivity contribution in [1.82, 2.24) is 0 Å². The first-order chi connectivity index (χ1) is 21.3. The van der Waals surface area contributed by atoms with E-state index in [1.165, 1.54) is 54.0 Å². The largest absolute Gasteiger partial charge is 0.454 e. The van der Waals surface area contributed by atoms with E-state index < -0.39 is 5.66 Å². The van der Waals surface area contributed by atoms with E-state index >= 15 is 0 Å². The maximum atomic E-state index is 8.44. The van der Waals surface area contributed by atoms with Crippen LogP contribution in [0.4, 0.5) is 0 Å². The van der Waals surface area contributed by atoms with E-state index in [1.54, 1.807) is 0 Å².